The van der Waals surface area contributed by atoms with E-state index in [1.165, 1.54) is 81.2 Å². The molecule has 0 amide bonds. The topological polar surface area (TPSA) is 170 Å². The zero-order chi connectivity index (χ0) is 64.5. The Morgan fingerprint density at radius 3 is 1.18 bits per heavy atom. The number of aromatic nitrogens is 4. The first kappa shape index (κ1) is 71.4. The fourth-order valence-electron chi connectivity index (χ4n) is 7.79. The molecule has 0 aliphatic rings. The number of hydrogen-bond donors (Lipinski definition) is 3. The number of sulfonamides is 2. The van der Waals surface area contributed by atoms with Crippen molar-refractivity contribution in [1.29, 1.82) is 0 Å². The van der Waals surface area contributed by atoms with Crippen molar-refractivity contribution >= 4 is 31.4 Å². The summed E-state index contributed by atoms with van der Waals surface area (Å²) in [6.07, 6.45) is -25.4. The number of nitrogens with zero attached hydrogens (tertiary/aromatic N) is 5. The van der Waals surface area contributed by atoms with Crippen LogP contribution in [0.4, 0.5) is 68.7 Å². The molecular weight excluding hydrogens is 1230 g/mol. The van der Waals surface area contributed by atoms with E-state index in [9.17, 15) is 90.7 Å². The highest BCUT2D eigenvalue weighted by Gasteiger charge is 2.43. The summed E-state index contributed by atoms with van der Waals surface area (Å²) in [6, 6.07) is 24.9. The molecule has 33 heteroatoms. The lowest BCUT2D eigenvalue weighted by Crippen LogP contribution is -2.44. The zero-order valence-corrected chi connectivity index (χ0v) is 48.6. The molecule has 474 valence electrons. The Labute approximate surface area is 481 Å². The average molecular weight is 1290 g/mol. The van der Waals surface area contributed by atoms with Crippen LogP contribution in [0.15, 0.2) is 109 Å². The molecule has 0 saturated carbocycles. The summed E-state index contributed by atoms with van der Waals surface area (Å²) in [5.41, 5.74) is -1.12. The van der Waals surface area contributed by atoms with Crippen molar-refractivity contribution in [2.24, 2.45) is 0 Å². The van der Waals surface area contributed by atoms with E-state index >= 15 is 0 Å². The lowest BCUT2D eigenvalue weighted by molar-refractivity contribution is -0.206. The van der Waals surface area contributed by atoms with Crippen LogP contribution in [0, 0.1) is 0 Å². The van der Waals surface area contributed by atoms with Crippen molar-refractivity contribution in [3.63, 3.8) is 0 Å². The van der Waals surface area contributed by atoms with Crippen molar-refractivity contribution in [3.8, 4) is 45.8 Å². The van der Waals surface area contributed by atoms with Gasteiger partial charge in [-0.1, -0.05) is 74.5 Å². The van der Waals surface area contributed by atoms with Crippen LogP contribution in [0.1, 0.15) is 89.9 Å². The first-order valence-electron chi connectivity index (χ1n) is 25.0. The van der Waals surface area contributed by atoms with Gasteiger partial charge in [-0.2, -0.15) is 67.2 Å². The summed E-state index contributed by atoms with van der Waals surface area (Å²) in [7, 11) is -9.35. The first-order valence-corrected chi connectivity index (χ1v) is 29.6. The van der Waals surface area contributed by atoms with Gasteiger partial charge >= 0.3 is 24.7 Å². The number of ether oxygens (including phenoxy) is 2. The van der Waals surface area contributed by atoms with E-state index in [0.29, 0.717) is 51.0 Å². The van der Waals surface area contributed by atoms with Crippen LogP contribution in [0.25, 0.3) is 22.5 Å². The van der Waals surface area contributed by atoms with E-state index in [4.69, 9.17) is 9.47 Å². The molecule has 2 heterocycles. The number of nitrogens with one attached hydrogen (secondary N) is 2. The normalized spacial score (nSPS) is 14.0. The molecule has 0 aliphatic carbocycles. The highest BCUT2D eigenvalue weighted by Crippen LogP contribution is 2.56. The summed E-state index contributed by atoms with van der Waals surface area (Å²) in [4.78, 5) is 0. The van der Waals surface area contributed by atoms with Gasteiger partial charge in [0.05, 0.1) is 22.5 Å². The molecule has 2 aromatic heterocycles. The Hall–Kier alpha value is -6.13. The van der Waals surface area contributed by atoms with Gasteiger partial charge in [-0.05, 0) is 100 Å². The standard InChI is InChI=1S/C24H24F7N3O3S.C24H25F6N3O4S.C4H10F3NS/c1-4-34-20(37-18-10-8-15(9-11-18)21(25)24(29,30)31)13-19(32-34)16-6-5-7-17(12-16)22(2,3)33-38(35,36)14-23(26,27)28;1-4-33-20(37-18-10-8-15(9-11-18)21(34)24(28,29)30)13-19(31-33)16-6-5-7-17(12-16)22(2,3)32-38(35,36)14-23(25,26)27;1-3-8(4-2)9(5,6)7/h5-13,21,33H,4,14H2,1-3H3;5-13,21,32,34H,4,14H2,1-3H3;3-4H2,1-2H3. The number of aliphatic hydroxyl groups is 1. The van der Waals surface area contributed by atoms with Gasteiger partial charge in [0.1, 0.15) is 11.5 Å². The number of alkyl halides is 13. The third-order valence-electron chi connectivity index (χ3n) is 11.8. The van der Waals surface area contributed by atoms with E-state index in [-0.39, 0.29) is 41.9 Å². The minimum atomic E-state index is -5.03. The Bertz CT molecular complexity index is 3150. The maximum Gasteiger partial charge on any atom is 0.423 e. The molecule has 0 fully saturated rings. The number of aryl methyl sites for hydroxylation is 2. The lowest BCUT2D eigenvalue weighted by Gasteiger charge is -2.27. The van der Waals surface area contributed by atoms with Gasteiger partial charge in [0, 0.05) is 49.4 Å². The van der Waals surface area contributed by atoms with Crippen LogP contribution in [-0.2, 0) is 44.2 Å². The molecular formula is C52H59F16N7O7S3. The van der Waals surface area contributed by atoms with E-state index in [1.54, 1.807) is 68.4 Å². The van der Waals surface area contributed by atoms with Crippen LogP contribution in [-0.4, -0.2) is 95.1 Å². The molecule has 0 saturated heterocycles. The molecule has 0 bridgehead atoms. The third kappa shape index (κ3) is 21.7. The number of hydrogen-bond acceptors (Lipinski definition) is 10. The number of aliphatic hydroxyl groups excluding tert-OH is 1. The molecule has 4 aromatic carbocycles. The first-order chi connectivity index (χ1) is 38.8. The highest BCUT2D eigenvalue weighted by atomic mass is 32.3. The number of halogens is 16. The van der Waals surface area contributed by atoms with Gasteiger partial charge in [-0.25, -0.2) is 40.0 Å². The van der Waals surface area contributed by atoms with Crippen LogP contribution < -0.4 is 18.9 Å². The Balaban J connectivity index is 0.000000318. The predicted octanol–water partition coefficient (Wildman–Crippen LogP) is 15.0. The largest absolute Gasteiger partial charge is 0.439 e. The van der Waals surface area contributed by atoms with Crippen molar-refractivity contribution < 1.29 is 100 Å². The minimum Gasteiger partial charge on any atom is -0.439 e. The molecule has 14 nitrogen and oxygen atoms in total. The van der Waals surface area contributed by atoms with Gasteiger partial charge in [-0.15, -0.1) is 11.7 Å². The monoisotopic (exact) mass is 1290 g/mol. The fraction of sp³-hybridized carbons (Fsp3) is 0.423. The van der Waals surface area contributed by atoms with Crippen molar-refractivity contribution in [2.45, 2.75) is 117 Å². The molecule has 0 aliphatic heterocycles. The maximum atomic E-state index is 13.5. The quantitative estimate of drug-likeness (QED) is 0.0590. The molecule has 3 N–H and O–H groups in total. The van der Waals surface area contributed by atoms with Crippen molar-refractivity contribution in [2.75, 3.05) is 24.6 Å². The molecule has 2 unspecified atom stereocenters. The summed E-state index contributed by atoms with van der Waals surface area (Å²) in [5.74, 6) is -3.23. The lowest BCUT2D eigenvalue weighted by atomic mass is 9.93. The molecule has 85 heavy (non-hydrogen) atoms. The summed E-state index contributed by atoms with van der Waals surface area (Å²) in [6.45, 7) is 13.1. The Kier molecular flexibility index (Phi) is 23.3. The van der Waals surface area contributed by atoms with Crippen LogP contribution in [0.5, 0.6) is 23.3 Å². The maximum absolute atomic E-state index is 13.5. The van der Waals surface area contributed by atoms with E-state index in [1.807, 2.05) is 0 Å². The molecule has 6 rings (SSSR count). The second-order valence-corrected chi connectivity index (χ2v) is 24.1. The Morgan fingerprint density at radius 1 is 0.541 bits per heavy atom. The molecule has 6 aromatic rings. The van der Waals surface area contributed by atoms with Crippen LogP contribution in [0.2, 0.25) is 0 Å². The van der Waals surface area contributed by atoms with Gasteiger partial charge in [-0.3, -0.25) is 0 Å². The summed E-state index contributed by atoms with van der Waals surface area (Å²) >= 11 is -4.93. The average Bonchev–Trinajstić information content (AvgIpc) is 2.87. The number of rotatable bonds is 21. The van der Waals surface area contributed by atoms with Crippen LogP contribution in [0.3, 0.4) is 0 Å². The predicted molar refractivity (Wildman–Crippen MR) is 286 cm³/mol. The fourth-order valence-corrected chi connectivity index (χ4v) is 11.2. The minimum absolute atomic E-state index is 0.0648. The van der Waals surface area contributed by atoms with Gasteiger partial charge in [0.25, 0.3) is 11.4 Å². The van der Waals surface area contributed by atoms with Crippen molar-refractivity contribution in [3.05, 3.63) is 131 Å². The Morgan fingerprint density at radius 2 is 0.894 bits per heavy atom. The van der Waals surface area contributed by atoms with Gasteiger partial charge in [0.15, 0.2) is 17.6 Å². The molecule has 2 atom stereocenters. The molecule has 0 spiro atoms. The van der Waals surface area contributed by atoms with Crippen molar-refractivity contribution in [1.82, 2.24) is 33.3 Å². The molecule has 0 radical (unpaired) electrons. The van der Waals surface area contributed by atoms with E-state index in [2.05, 4.69) is 19.6 Å². The second-order valence-electron chi connectivity index (χ2n) is 19.4. The van der Waals surface area contributed by atoms with E-state index in [0.717, 1.165) is 24.3 Å². The smallest absolute Gasteiger partial charge is 0.423 e. The zero-order valence-electron chi connectivity index (χ0n) is 46.2. The van der Waals surface area contributed by atoms with Gasteiger partial charge in [0.2, 0.25) is 38.0 Å². The summed E-state index contributed by atoms with van der Waals surface area (Å²) in [5, 5.41) is 18.2. The van der Waals surface area contributed by atoms with Gasteiger partial charge < -0.3 is 14.6 Å². The third-order valence-corrected chi connectivity index (χ3v) is 15.9. The highest BCUT2D eigenvalue weighted by molar-refractivity contribution is 8.18. The van der Waals surface area contributed by atoms with Crippen LogP contribution >= 0.6 is 11.4 Å². The summed E-state index contributed by atoms with van der Waals surface area (Å²) < 4.78 is 268. The number of benzene rings is 4. The SMILES string of the molecule is CCN(CC)S(F)(F)F.CCn1nc(-c2cccc(C(C)(C)NS(=O)(=O)CC(F)(F)F)c2)cc1Oc1ccc(C(F)C(F)(F)F)cc1.CCn1nc(-c2cccc(C(C)(C)NS(=O)(=O)CC(F)(F)F)c2)cc1Oc1ccc(C(O)C(F)(F)F)cc1. The second kappa shape index (κ2) is 27.7. The van der Waals surface area contributed by atoms with E-state index < -0.39 is 96.5 Å².